The zero-order valence-electron chi connectivity index (χ0n) is 11.7. The van der Waals surface area contributed by atoms with Crippen molar-refractivity contribution in [1.29, 1.82) is 0 Å². The molecule has 18 heavy (non-hydrogen) atoms. The van der Waals surface area contributed by atoms with Gasteiger partial charge in [-0.15, -0.1) is 0 Å². The van der Waals surface area contributed by atoms with Gasteiger partial charge in [-0.05, 0) is 25.5 Å². The third-order valence-electron chi connectivity index (χ3n) is 2.81. The van der Waals surface area contributed by atoms with E-state index in [2.05, 4.69) is 43.4 Å². The molecule has 3 nitrogen and oxygen atoms in total. The van der Waals surface area contributed by atoms with Crippen molar-refractivity contribution < 1.29 is 9.47 Å². The van der Waals surface area contributed by atoms with Gasteiger partial charge in [0.1, 0.15) is 0 Å². The van der Waals surface area contributed by atoms with E-state index in [9.17, 15) is 0 Å². The summed E-state index contributed by atoms with van der Waals surface area (Å²) in [6.45, 7) is 7.52. The molecule has 1 rings (SSSR count). The SMILES string of the molecule is CCNCC(OCCCOC)c1cccc(C)c1. The molecule has 0 aliphatic heterocycles. The predicted molar refractivity (Wildman–Crippen MR) is 74.9 cm³/mol. The van der Waals surface area contributed by atoms with Crippen LogP contribution in [0.3, 0.4) is 0 Å². The van der Waals surface area contributed by atoms with Crippen LogP contribution in [0.4, 0.5) is 0 Å². The van der Waals surface area contributed by atoms with Gasteiger partial charge in [-0.2, -0.15) is 0 Å². The summed E-state index contributed by atoms with van der Waals surface area (Å²) >= 11 is 0. The molecular formula is C15H25NO2. The van der Waals surface area contributed by atoms with Gasteiger partial charge in [0, 0.05) is 26.9 Å². The molecule has 0 bridgehead atoms. The van der Waals surface area contributed by atoms with Gasteiger partial charge in [-0.3, -0.25) is 0 Å². The van der Waals surface area contributed by atoms with Crippen LogP contribution >= 0.6 is 0 Å². The third kappa shape index (κ3) is 5.63. The van der Waals surface area contributed by atoms with E-state index < -0.39 is 0 Å². The summed E-state index contributed by atoms with van der Waals surface area (Å²) in [5.74, 6) is 0. The Kier molecular flexibility index (Phi) is 7.65. The molecule has 3 heteroatoms. The Labute approximate surface area is 110 Å². The smallest absolute Gasteiger partial charge is 0.0949 e. The van der Waals surface area contributed by atoms with Gasteiger partial charge in [0.2, 0.25) is 0 Å². The van der Waals surface area contributed by atoms with Crippen molar-refractivity contribution in [3.8, 4) is 0 Å². The lowest BCUT2D eigenvalue weighted by Gasteiger charge is -2.19. The second kappa shape index (κ2) is 9.09. The summed E-state index contributed by atoms with van der Waals surface area (Å²) in [6.07, 6.45) is 1.06. The maximum absolute atomic E-state index is 5.94. The number of hydrogen-bond acceptors (Lipinski definition) is 3. The van der Waals surface area contributed by atoms with E-state index in [1.54, 1.807) is 7.11 Å². The van der Waals surface area contributed by atoms with E-state index in [4.69, 9.17) is 9.47 Å². The van der Waals surface area contributed by atoms with Crippen LogP contribution in [0.25, 0.3) is 0 Å². The molecule has 0 aliphatic carbocycles. The maximum atomic E-state index is 5.94. The van der Waals surface area contributed by atoms with Crippen LogP contribution in [0, 0.1) is 6.92 Å². The van der Waals surface area contributed by atoms with E-state index in [1.807, 2.05) is 0 Å². The van der Waals surface area contributed by atoms with Crippen molar-refractivity contribution in [2.45, 2.75) is 26.4 Å². The van der Waals surface area contributed by atoms with Gasteiger partial charge in [0.25, 0.3) is 0 Å². The molecule has 0 saturated heterocycles. The molecule has 0 fully saturated rings. The minimum Gasteiger partial charge on any atom is -0.385 e. The molecule has 0 amide bonds. The standard InChI is InChI=1S/C15H25NO2/c1-4-16-12-15(18-10-6-9-17-3)14-8-5-7-13(2)11-14/h5,7-8,11,15-16H,4,6,9-10,12H2,1-3H3. The minimum absolute atomic E-state index is 0.127. The van der Waals surface area contributed by atoms with Gasteiger partial charge < -0.3 is 14.8 Å². The van der Waals surface area contributed by atoms with E-state index in [0.29, 0.717) is 0 Å². The molecule has 1 N–H and O–H groups in total. The highest BCUT2D eigenvalue weighted by Crippen LogP contribution is 2.18. The molecule has 1 atom stereocenters. The first-order chi connectivity index (χ1) is 8.77. The lowest BCUT2D eigenvalue weighted by molar-refractivity contribution is 0.0391. The lowest BCUT2D eigenvalue weighted by Crippen LogP contribution is -2.23. The molecule has 102 valence electrons. The quantitative estimate of drug-likeness (QED) is 0.685. The highest BCUT2D eigenvalue weighted by atomic mass is 16.5. The average molecular weight is 251 g/mol. The molecule has 1 aromatic carbocycles. The van der Waals surface area contributed by atoms with Crippen molar-refractivity contribution in [2.24, 2.45) is 0 Å². The number of ether oxygens (including phenoxy) is 2. The number of rotatable bonds is 9. The summed E-state index contributed by atoms with van der Waals surface area (Å²) in [7, 11) is 1.72. The van der Waals surface area contributed by atoms with Crippen molar-refractivity contribution in [3.63, 3.8) is 0 Å². The monoisotopic (exact) mass is 251 g/mol. The zero-order valence-corrected chi connectivity index (χ0v) is 11.7. The predicted octanol–water partition coefficient (Wildman–Crippen LogP) is 2.70. The number of methoxy groups -OCH3 is 1. The van der Waals surface area contributed by atoms with Crippen LogP contribution in [0.1, 0.15) is 30.6 Å². The maximum Gasteiger partial charge on any atom is 0.0949 e. The molecule has 0 heterocycles. The number of nitrogens with one attached hydrogen (secondary N) is 1. The molecule has 0 saturated carbocycles. The van der Waals surface area contributed by atoms with Gasteiger partial charge in [0.05, 0.1) is 6.10 Å². The average Bonchev–Trinajstić information content (AvgIpc) is 2.38. The van der Waals surface area contributed by atoms with Crippen LogP contribution < -0.4 is 5.32 Å². The number of aryl methyl sites for hydroxylation is 1. The Balaban J connectivity index is 2.54. The minimum atomic E-state index is 0.127. The molecule has 1 aromatic rings. The third-order valence-corrected chi connectivity index (χ3v) is 2.81. The number of likely N-dealkylation sites (N-methyl/N-ethyl adjacent to an activating group) is 1. The summed E-state index contributed by atoms with van der Waals surface area (Å²) in [5, 5.41) is 3.35. The van der Waals surface area contributed by atoms with Crippen LogP contribution in [0.2, 0.25) is 0 Å². The topological polar surface area (TPSA) is 30.5 Å². The van der Waals surface area contributed by atoms with Crippen LogP contribution in [0.15, 0.2) is 24.3 Å². The van der Waals surface area contributed by atoms with Crippen LogP contribution in [-0.2, 0) is 9.47 Å². The second-order valence-electron chi connectivity index (χ2n) is 4.43. The Morgan fingerprint density at radius 3 is 2.78 bits per heavy atom. The fourth-order valence-electron chi connectivity index (χ4n) is 1.85. The van der Waals surface area contributed by atoms with Crippen LogP contribution in [-0.4, -0.2) is 33.4 Å². The highest BCUT2D eigenvalue weighted by molar-refractivity contribution is 5.24. The summed E-state index contributed by atoms with van der Waals surface area (Å²) in [5.41, 5.74) is 2.52. The highest BCUT2D eigenvalue weighted by Gasteiger charge is 2.11. The normalized spacial score (nSPS) is 12.6. The van der Waals surface area contributed by atoms with Gasteiger partial charge in [0.15, 0.2) is 0 Å². The number of benzene rings is 1. The molecule has 0 aromatic heterocycles. The molecule has 0 spiro atoms. The summed E-state index contributed by atoms with van der Waals surface area (Å²) in [6, 6.07) is 8.52. The first-order valence-corrected chi connectivity index (χ1v) is 6.65. The van der Waals surface area contributed by atoms with Crippen molar-refractivity contribution in [3.05, 3.63) is 35.4 Å². The van der Waals surface area contributed by atoms with E-state index in [-0.39, 0.29) is 6.10 Å². The van der Waals surface area contributed by atoms with E-state index in [1.165, 1.54) is 11.1 Å². The largest absolute Gasteiger partial charge is 0.385 e. The molecule has 0 radical (unpaired) electrons. The zero-order chi connectivity index (χ0) is 13.2. The van der Waals surface area contributed by atoms with Gasteiger partial charge in [-0.1, -0.05) is 36.8 Å². The Morgan fingerprint density at radius 2 is 2.11 bits per heavy atom. The molecular weight excluding hydrogens is 226 g/mol. The van der Waals surface area contributed by atoms with Crippen LogP contribution in [0.5, 0.6) is 0 Å². The Hall–Kier alpha value is -0.900. The fraction of sp³-hybridized carbons (Fsp3) is 0.600. The summed E-state index contributed by atoms with van der Waals surface area (Å²) in [4.78, 5) is 0. The van der Waals surface area contributed by atoms with Crippen molar-refractivity contribution in [1.82, 2.24) is 5.32 Å². The molecule has 1 unspecified atom stereocenters. The van der Waals surface area contributed by atoms with Crippen molar-refractivity contribution in [2.75, 3.05) is 33.4 Å². The lowest BCUT2D eigenvalue weighted by atomic mass is 10.1. The van der Waals surface area contributed by atoms with Gasteiger partial charge in [-0.25, -0.2) is 0 Å². The van der Waals surface area contributed by atoms with Gasteiger partial charge >= 0.3 is 0 Å². The molecule has 0 aliphatic rings. The second-order valence-corrected chi connectivity index (χ2v) is 4.43. The number of hydrogen-bond donors (Lipinski definition) is 1. The first-order valence-electron chi connectivity index (χ1n) is 6.65. The Morgan fingerprint density at radius 1 is 1.28 bits per heavy atom. The van der Waals surface area contributed by atoms with E-state index >= 15 is 0 Å². The van der Waals surface area contributed by atoms with Crippen molar-refractivity contribution >= 4 is 0 Å². The van der Waals surface area contributed by atoms with E-state index in [0.717, 1.165) is 32.7 Å². The first kappa shape index (κ1) is 15.2. The summed E-state index contributed by atoms with van der Waals surface area (Å²) < 4.78 is 11.0. The Bertz CT molecular complexity index is 328. The fourth-order valence-corrected chi connectivity index (χ4v) is 1.85.